The first-order valence-electron chi connectivity index (χ1n) is 9.24. The second kappa shape index (κ2) is 7.63. The van der Waals surface area contributed by atoms with Crippen LogP contribution in [0.15, 0.2) is 11.6 Å². The van der Waals surface area contributed by atoms with Gasteiger partial charge in [0.25, 0.3) is 0 Å². The maximum absolute atomic E-state index is 10.8. The molecule has 3 heteroatoms. The fourth-order valence-electron chi connectivity index (χ4n) is 4.64. The minimum absolute atomic E-state index is 0.170. The van der Waals surface area contributed by atoms with E-state index in [4.69, 9.17) is 9.47 Å². The fourth-order valence-corrected chi connectivity index (χ4v) is 4.64. The number of allylic oxidation sites excluding steroid dienone is 1. The summed E-state index contributed by atoms with van der Waals surface area (Å²) < 4.78 is 11.6. The molecule has 3 nitrogen and oxygen atoms in total. The van der Waals surface area contributed by atoms with Crippen LogP contribution < -0.4 is 0 Å². The zero-order chi connectivity index (χ0) is 15.4. The highest BCUT2D eigenvalue weighted by molar-refractivity contribution is 5.65. The van der Waals surface area contributed by atoms with Crippen molar-refractivity contribution in [2.75, 3.05) is 6.61 Å². The van der Waals surface area contributed by atoms with E-state index >= 15 is 0 Å². The molecule has 0 aromatic carbocycles. The third-order valence-electron chi connectivity index (χ3n) is 5.64. The summed E-state index contributed by atoms with van der Waals surface area (Å²) >= 11 is 0. The quantitative estimate of drug-likeness (QED) is 0.429. The van der Waals surface area contributed by atoms with Crippen molar-refractivity contribution in [1.29, 1.82) is 0 Å². The van der Waals surface area contributed by atoms with Crippen molar-refractivity contribution in [3.05, 3.63) is 11.6 Å². The normalized spacial score (nSPS) is 34.3. The van der Waals surface area contributed by atoms with Crippen molar-refractivity contribution in [3.8, 4) is 0 Å². The van der Waals surface area contributed by atoms with Crippen LogP contribution in [0.2, 0.25) is 0 Å². The summed E-state index contributed by atoms with van der Waals surface area (Å²) in [6.07, 6.45) is 15.8. The van der Waals surface area contributed by atoms with Crippen molar-refractivity contribution >= 4 is 5.97 Å². The first-order chi connectivity index (χ1) is 10.8. The summed E-state index contributed by atoms with van der Waals surface area (Å²) in [5.41, 5.74) is 1.74. The van der Waals surface area contributed by atoms with Gasteiger partial charge in [0.05, 0.1) is 18.8 Å². The van der Waals surface area contributed by atoms with Gasteiger partial charge in [0, 0.05) is 18.8 Å². The molecule has 0 radical (unpaired) electrons. The Morgan fingerprint density at radius 1 is 1.18 bits per heavy atom. The van der Waals surface area contributed by atoms with E-state index in [1.165, 1.54) is 51.9 Å². The lowest BCUT2D eigenvalue weighted by atomic mass is 9.68. The maximum Gasteiger partial charge on any atom is 0.302 e. The zero-order valence-electron chi connectivity index (χ0n) is 13.9. The van der Waals surface area contributed by atoms with Crippen LogP contribution in [0.4, 0.5) is 0 Å². The van der Waals surface area contributed by atoms with Crippen molar-refractivity contribution in [2.45, 2.75) is 83.3 Å². The lowest BCUT2D eigenvalue weighted by Crippen LogP contribution is -2.45. The van der Waals surface area contributed by atoms with Crippen LogP contribution in [-0.2, 0) is 14.3 Å². The molecule has 1 saturated carbocycles. The number of fused-ring (bicyclic) bond motifs is 3. The summed E-state index contributed by atoms with van der Waals surface area (Å²) in [6.45, 7) is 2.04. The Morgan fingerprint density at radius 3 is 2.86 bits per heavy atom. The van der Waals surface area contributed by atoms with E-state index in [-0.39, 0.29) is 5.97 Å². The molecule has 22 heavy (non-hydrogen) atoms. The molecule has 1 saturated heterocycles. The summed E-state index contributed by atoms with van der Waals surface area (Å²) in [5, 5.41) is 0. The van der Waals surface area contributed by atoms with Crippen LogP contribution in [-0.4, -0.2) is 24.8 Å². The highest BCUT2D eigenvalue weighted by Crippen LogP contribution is 2.47. The van der Waals surface area contributed by atoms with Gasteiger partial charge in [0.1, 0.15) is 0 Å². The van der Waals surface area contributed by atoms with Crippen molar-refractivity contribution in [1.82, 2.24) is 0 Å². The van der Waals surface area contributed by atoms with E-state index in [1.54, 1.807) is 5.57 Å². The highest BCUT2D eigenvalue weighted by atomic mass is 16.5. The molecule has 0 aromatic rings. The standard InChI is InChI=1S/C19H30O3/c1-14(20)21-13-7-6-12-19-16-9-3-2-8-15(16)17-10-4-5-11-18(17)22-19/h8,16-19H,2-7,9-13H2,1H3/t16-,17+,18+,19+/m1/s1. The molecule has 3 aliphatic rings. The number of esters is 1. The number of carbonyl (C=O) groups is 1. The Balaban J connectivity index is 1.55. The molecule has 4 atom stereocenters. The van der Waals surface area contributed by atoms with Gasteiger partial charge in [0.15, 0.2) is 0 Å². The molecule has 0 N–H and O–H groups in total. The van der Waals surface area contributed by atoms with Crippen molar-refractivity contribution < 1.29 is 14.3 Å². The van der Waals surface area contributed by atoms with Gasteiger partial charge in [-0.3, -0.25) is 4.79 Å². The van der Waals surface area contributed by atoms with E-state index in [0.717, 1.165) is 25.2 Å². The molecule has 0 aromatic heterocycles. The van der Waals surface area contributed by atoms with Gasteiger partial charge in [-0.2, -0.15) is 0 Å². The van der Waals surface area contributed by atoms with Gasteiger partial charge in [-0.05, 0) is 51.4 Å². The third kappa shape index (κ3) is 3.73. The van der Waals surface area contributed by atoms with Crippen LogP contribution in [0.25, 0.3) is 0 Å². The van der Waals surface area contributed by atoms with Gasteiger partial charge in [-0.15, -0.1) is 0 Å². The predicted octanol–water partition coefficient (Wildman–Crippen LogP) is 4.40. The molecule has 124 valence electrons. The van der Waals surface area contributed by atoms with Gasteiger partial charge < -0.3 is 9.47 Å². The Kier molecular flexibility index (Phi) is 5.56. The van der Waals surface area contributed by atoms with Gasteiger partial charge in [-0.25, -0.2) is 0 Å². The number of ether oxygens (including phenoxy) is 2. The Bertz CT molecular complexity index is 415. The lowest BCUT2D eigenvalue weighted by molar-refractivity contribution is -0.141. The molecule has 2 fully saturated rings. The minimum atomic E-state index is -0.170. The third-order valence-corrected chi connectivity index (χ3v) is 5.64. The Hall–Kier alpha value is -0.830. The first-order valence-corrected chi connectivity index (χ1v) is 9.24. The van der Waals surface area contributed by atoms with E-state index < -0.39 is 0 Å². The molecule has 0 unspecified atom stereocenters. The SMILES string of the molecule is CC(=O)OCCCC[C@@H]1O[C@H]2CCCC[C@H]2C2=CCCC[C@H]21. The minimum Gasteiger partial charge on any atom is -0.466 e. The van der Waals surface area contributed by atoms with Crippen LogP contribution in [0.3, 0.4) is 0 Å². The first kappa shape index (κ1) is 16.0. The van der Waals surface area contributed by atoms with Crippen LogP contribution in [0.1, 0.15) is 71.1 Å². The van der Waals surface area contributed by atoms with E-state index in [0.29, 0.717) is 24.7 Å². The zero-order valence-corrected chi connectivity index (χ0v) is 13.9. The number of hydrogen-bond acceptors (Lipinski definition) is 3. The van der Waals surface area contributed by atoms with Gasteiger partial charge in [-0.1, -0.05) is 24.5 Å². The highest BCUT2D eigenvalue weighted by Gasteiger charge is 2.42. The lowest BCUT2D eigenvalue weighted by Gasteiger charge is -2.47. The molecule has 2 aliphatic carbocycles. The van der Waals surface area contributed by atoms with Gasteiger partial charge >= 0.3 is 5.97 Å². The topological polar surface area (TPSA) is 35.5 Å². The molecule has 1 heterocycles. The number of rotatable bonds is 5. The van der Waals surface area contributed by atoms with E-state index in [2.05, 4.69) is 6.08 Å². The van der Waals surface area contributed by atoms with Crippen LogP contribution >= 0.6 is 0 Å². The fraction of sp³-hybridized carbons (Fsp3) is 0.842. The molecular formula is C19H30O3. The largest absolute Gasteiger partial charge is 0.466 e. The van der Waals surface area contributed by atoms with Crippen LogP contribution in [0, 0.1) is 11.8 Å². The second-order valence-electron chi connectivity index (χ2n) is 7.18. The molecule has 0 amide bonds. The smallest absolute Gasteiger partial charge is 0.302 e. The van der Waals surface area contributed by atoms with Crippen molar-refractivity contribution in [2.24, 2.45) is 11.8 Å². The average molecular weight is 306 g/mol. The molecule has 0 bridgehead atoms. The summed E-state index contributed by atoms with van der Waals surface area (Å²) in [5.74, 6) is 1.22. The summed E-state index contributed by atoms with van der Waals surface area (Å²) in [7, 11) is 0. The van der Waals surface area contributed by atoms with Crippen molar-refractivity contribution in [3.63, 3.8) is 0 Å². The Morgan fingerprint density at radius 2 is 2.00 bits per heavy atom. The van der Waals surface area contributed by atoms with Gasteiger partial charge in [0.2, 0.25) is 0 Å². The monoisotopic (exact) mass is 306 g/mol. The molecule has 1 aliphatic heterocycles. The number of hydrogen-bond donors (Lipinski definition) is 0. The van der Waals surface area contributed by atoms with E-state index in [9.17, 15) is 4.79 Å². The van der Waals surface area contributed by atoms with Crippen LogP contribution in [0.5, 0.6) is 0 Å². The summed E-state index contributed by atoms with van der Waals surface area (Å²) in [6, 6.07) is 0. The summed E-state index contributed by atoms with van der Waals surface area (Å²) in [4.78, 5) is 10.8. The second-order valence-corrected chi connectivity index (χ2v) is 7.18. The number of carbonyl (C=O) groups excluding carboxylic acids is 1. The average Bonchev–Trinajstić information content (AvgIpc) is 2.54. The predicted molar refractivity (Wildman–Crippen MR) is 86.5 cm³/mol. The molecular weight excluding hydrogens is 276 g/mol. The van der Waals surface area contributed by atoms with E-state index in [1.807, 2.05) is 0 Å². The maximum atomic E-state index is 10.8. The Labute approximate surface area is 134 Å². The number of unbranched alkanes of at least 4 members (excludes halogenated alkanes) is 1. The molecule has 0 spiro atoms. The molecule has 3 rings (SSSR count).